The molecule has 1 aromatic carbocycles. The van der Waals surface area contributed by atoms with Crippen LogP contribution in [0.4, 0.5) is 0 Å². The summed E-state index contributed by atoms with van der Waals surface area (Å²) in [6.07, 6.45) is -2.16. The predicted molar refractivity (Wildman–Crippen MR) is 227 cm³/mol. The number of hydrogen-bond donors (Lipinski definition) is 1. The minimum Gasteiger partial charge on any atom is -0.455 e. The van der Waals surface area contributed by atoms with Gasteiger partial charge in [0.1, 0.15) is 23.4 Å². The molecule has 2 bridgehead atoms. The monoisotopic (exact) mass is 829 g/mol. The highest BCUT2D eigenvalue weighted by molar-refractivity contribution is 6.74. The van der Waals surface area contributed by atoms with Gasteiger partial charge in [0.05, 0.1) is 36.6 Å². The van der Waals surface area contributed by atoms with Gasteiger partial charge in [0.2, 0.25) is 9.04 Å². The lowest BCUT2D eigenvalue weighted by Gasteiger charge is -2.70. The molecule has 4 fully saturated rings. The van der Waals surface area contributed by atoms with Gasteiger partial charge in [-0.3, -0.25) is 0 Å². The zero-order valence-electron chi connectivity index (χ0n) is 37.0. The van der Waals surface area contributed by atoms with E-state index in [1.165, 1.54) is 0 Å². The maximum absolute atomic E-state index is 14.8. The van der Waals surface area contributed by atoms with E-state index < -0.39 is 89.8 Å². The summed E-state index contributed by atoms with van der Waals surface area (Å²) >= 11 is 0. The van der Waals surface area contributed by atoms with Gasteiger partial charge in [0, 0.05) is 29.6 Å². The smallest absolute Gasteiger partial charge is 0.338 e. The van der Waals surface area contributed by atoms with Crippen molar-refractivity contribution in [1.29, 1.82) is 0 Å². The summed E-state index contributed by atoms with van der Waals surface area (Å²) in [4.78, 5) is 14.8. The number of esters is 1. The summed E-state index contributed by atoms with van der Waals surface area (Å²) in [6.45, 7) is 31.0. The molecule has 0 spiro atoms. The third-order valence-corrected chi connectivity index (χ3v) is 25.6. The van der Waals surface area contributed by atoms with Crippen LogP contribution < -0.4 is 0 Å². The third kappa shape index (κ3) is 6.85. The van der Waals surface area contributed by atoms with Crippen molar-refractivity contribution in [3.63, 3.8) is 0 Å². The van der Waals surface area contributed by atoms with E-state index in [4.69, 9.17) is 32.2 Å². The zero-order valence-corrected chi connectivity index (χ0v) is 40.0. The fourth-order valence-electron chi connectivity index (χ4n) is 11.8. The average molecular weight is 830 g/mol. The van der Waals surface area contributed by atoms with Crippen LogP contribution in [0.15, 0.2) is 41.5 Å². The molecule has 56 heavy (non-hydrogen) atoms. The molecule has 0 aromatic heterocycles. The Kier molecular flexibility index (Phi) is 12.4. The Morgan fingerprint density at radius 3 is 1.96 bits per heavy atom. The molecule has 3 aliphatic carbocycles. The van der Waals surface area contributed by atoms with Gasteiger partial charge >= 0.3 is 5.97 Å². The van der Waals surface area contributed by atoms with Crippen molar-refractivity contribution in [1.82, 2.24) is 0 Å². The molecule has 1 radical (unpaired) electrons. The Bertz CT molecular complexity index is 1590. The van der Waals surface area contributed by atoms with Crippen molar-refractivity contribution in [2.45, 2.75) is 199 Å². The van der Waals surface area contributed by atoms with E-state index >= 15 is 0 Å². The van der Waals surface area contributed by atoms with E-state index in [1.807, 2.05) is 32.0 Å². The van der Waals surface area contributed by atoms with Gasteiger partial charge in [-0.1, -0.05) is 80.5 Å². The van der Waals surface area contributed by atoms with Crippen molar-refractivity contribution in [3.05, 3.63) is 47.0 Å². The number of ether oxygens (including phenoxy) is 4. The number of fused-ring (bicyclic) bond motifs is 8. The van der Waals surface area contributed by atoms with E-state index in [0.29, 0.717) is 18.4 Å². The van der Waals surface area contributed by atoms with Crippen LogP contribution in [0.5, 0.6) is 0 Å². The second-order valence-corrected chi connectivity index (χ2v) is 30.5. The third-order valence-electron chi connectivity index (χ3n) is 15.6. The molecule has 2 aliphatic heterocycles. The molecular formula is C44H73O9Si3. The molecule has 315 valence electrons. The molecule has 0 amide bonds. The second-order valence-electron chi connectivity index (χ2n) is 19.1. The van der Waals surface area contributed by atoms with Gasteiger partial charge in [-0.2, -0.15) is 0 Å². The van der Waals surface area contributed by atoms with Crippen LogP contribution in [0.2, 0.25) is 49.4 Å². The first-order chi connectivity index (χ1) is 26.2. The maximum Gasteiger partial charge on any atom is 0.338 e. The number of hydrogen-bond acceptors (Lipinski definition) is 9. The van der Waals surface area contributed by atoms with Crippen molar-refractivity contribution < 1.29 is 42.1 Å². The highest BCUT2D eigenvalue weighted by Crippen LogP contribution is 2.68. The number of rotatable bonds is 14. The molecule has 1 N–H and O–H groups in total. The summed E-state index contributed by atoms with van der Waals surface area (Å²) in [5.74, 6) is -2.08. The van der Waals surface area contributed by atoms with Crippen LogP contribution in [0.1, 0.15) is 106 Å². The van der Waals surface area contributed by atoms with Crippen LogP contribution in [0.25, 0.3) is 0 Å². The van der Waals surface area contributed by atoms with Crippen molar-refractivity contribution in [2.24, 2.45) is 16.7 Å². The minimum absolute atomic E-state index is 0.120. The largest absolute Gasteiger partial charge is 0.455 e. The van der Waals surface area contributed by atoms with Crippen molar-refractivity contribution in [2.75, 3.05) is 6.61 Å². The Morgan fingerprint density at radius 1 is 0.875 bits per heavy atom. The average Bonchev–Trinajstić information content (AvgIpc) is 3.49. The number of benzene rings is 1. The first-order valence-corrected chi connectivity index (χ1v) is 29.2. The van der Waals surface area contributed by atoms with Crippen molar-refractivity contribution >= 4 is 31.6 Å². The molecule has 5 aliphatic rings. The van der Waals surface area contributed by atoms with Crippen LogP contribution in [-0.2, 0) is 32.2 Å². The van der Waals surface area contributed by atoms with Crippen LogP contribution in [-0.4, -0.2) is 97.0 Å². The Labute approximate surface area is 341 Å². The Balaban J connectivity index is 1.72. The second kappa shape index (κ2) is 15.7. The zero-order chi connectivity index (χ0) is 41.3. The van der Waals surface area contributed by atoms with Crippen LogP contribution >= 0.6 is 0 Å². The summed E-state index contributed by atoms with van der Waals surface area (Å²) < 4.78 is 50.9. The van der Waals surface area contributed by atoms with Gasteiger partial charge < -0.3 is 37.3 Å². The minimum atomic E-state index is -2.26. The van der Waals surface area contributed by atoms with E-state index in [1.54, 1.807) is 12.1 Å². The number of carbonyl (C=O) groups excluding carboxylic acids is 1. The molecule has 2 heterocycles. The predicted octanol–water partition coefficient (Wildman–Crippen LogP) is 9.44. The van der Waals surface area contributed by atoms with Crippen LogP contribution in [0, 0.1) is 16.7 Å². The molecule has 9 nitrogen and oxygen atoms in total. The maximum atomic E-state index is 14.8. The summed E-state index contributed by atoms with van der Waals surface area (Å²) in [6, 6.07) is 15.1. The lowest BCUT2D eigenvalue weighted by molar-refractivity contribution is -0.358. The van der Waals surface area contributed by atoms with E-state index in [9.17, 15) is 9.90 Å². The Morgan fingerprint density at radius 2 is 1.45 bits per heavy atom. The van der Waals surface area contributed by atoms with Crippen molar-refractivity contribution in [3.8, 4) is 0 Å². The number of carbonyl (C=O) groups is 1. The molecular weight excluding hydrogens is 757 g/mol. The fourth-order valence-corrected chi connectivity index (χ4v) is 18.8. The van der Waals surface area contributed by atoms with Crippen LogP contribution in [0.3, 0.4) is 0 Å². The number of aliphatic hydroxyl groups is 1. The SMILES string of the molecule is CC[Si](CC)(CC)O[C@H]1C[C@@]2(O[Si](C)C)[C@@H](OC(=O)c3ccccc3)[C@@H]3[C@]4(O)CO[C@@H]4C[C@H](O[Si](CC)(CC)CC)[C@@]3(C)[C@@H]3OC(C)(C)O[C@@H]3C(=C1C)C2(C)C. The highest BCUT2D eigenvalue weighted by Gasteiger charge is 2.79. The van der Waals surface area contributed by atoms with Gasteiger partial charge in [-0.25, -0.2) is 4.79 Å². The first-order valence-electron chi connectivity index (χ1n) is 21.7. The normalized spacial score (nSPS) is 37.5. The molecule has 1 aromatic rings. The quantitative estimate of drug-likeness (QED) is 0.112. The summed E-state index contributed by atoms with van der Waals surface area (Å²) in [7, 11) is -5.92. The van der Waals surface area contributed by atoms with E-state index in [-0.39, 0.29) is 18.8 Å². The lowest BCUT2D eigenvalue weighted by atomic mass is 9.44. The van der Waals surface area contributed by atoms with E-state index in [2.05, 4.69) is 82.3 Å². The van der Waals surface area contributed by atoms with Gasteiger partial charge in [0.25, 0.3) is 0 Å². The summed E-state index contributed by atoms with van der Waals surface area (Å²) in [5, 5.41) is 13.4. The fraction of sp³-hybridized carbons (Fsp3) is 0.795. The van der Waals surface area contributed by atoms with Gasteiger partial charge in [-0.05, 0) is 93.4 Å². The molecule has 2 saturated heterocycles. The van der Waals surface area contributed by atoms with E-state index in [0.717, 1.165) is 47.4 Å². The first kappa shape index (κ1) is 44.4. The van der Waals surface area contributed by atoms with Gasteiger partial charge in [-0.15, -0.1) is 0 Å². The molecule has 0 unspecified atom stereocenters. The summed E-state index contributed by atoms with van der Waals surface area (Å²) in [5.41, 5.74) is -1.41. The molecule has 10 atom stereocenters. The standard InChI is InChI=1S/C44H73O9Si3/c1-15-55(16-2,17-3)51-31-27-44(53-54(13)14)38(48-39(45)30-24-22-21-23-25-30)36-42(12,37-35(49-41(10,11)50-37)34(29(31)7)40(44,8)9)32(26-33-43(36,46)28-47-33)52-56(18-4,19-5)20-6/h21-25,31-33,35-38,46H,15-20,26-28H2,1-14H3/t31-,32-,33+,35+,36-,37+,38-,42+,43-,44+/m0/s1. The molecule has 6 rings (SSSR count). The molecule has 2 saturated carbocycles. The highest BCUT2D eigenvalue weighted by atomic mass is 28.4. The topological polar surface area (TPSA) is 102 Å². The van der Waals surface area contributed by atoms with Gasteiger partial charge in [0.15, 0.2) is 22.4 Å². The molecule has 12 heteroatoms. The lowest BCUT2D eigenvalue weighted by Crippen LogP contribution is -2.82. The Hall–Kier alpha value is -1.20.